The van der Waals surface area contributed by atoms with Crippen molar-refractivity contribution in [3.05, 3.63) is 83.2 Å². The van der Waals surface area contributed by atoms with Crippen molar-refractivity contribution in [3.8, 4) is 11.3 Å². The van der Waals surface area contributed by atoms with Gasteiger partial charge in [-0.2, -0.15) is 0 Å². The molecule has 4 heterocycles. The molecule has 1 N–H and O–H groups in total. The zero-order valence-corrected chi connectivity index (χ0v) is 17.3. The second kappa shape index (κ2) is 7.67. The van der Waals surface area contributed by atoms with Gasteiger partial charge in [0.1, 0.15) is 5.82 Å². The minimum atomic E-state index is -0.509. The Kier molecular flexibility index (Phi) is 4.82. The van der Waals surface area contributed by atoms with Gasteiger partial charge in [0.15, 0.2) is 5.78 Å². The summed E-state index contributed by atoms with van der Waals surface area (Å²) in [7, 11) is 0. The number of Topliss-reactive ketones (excluding diaryl/α,β-unsaturated/α-hetero) is 1. The molecule has 0 amide bonds. The molecule has 3 aromatic rings. The highest BCUT2D eigenvalue weighted by molar-refractivity contribution is 6.07. The van der Waals surface area contributed by atoms with Crippen LogP contribution in [0.4, 0.5) is 10.3 Å². The lowest BCUT2D eigenvalue weighted by molar-refractivity contribution is 0.0966. The van der Waals surface area contributed by atoms with E-state index in [-0.39, 0.29) is 11.7 Å². The number of carbonyl (C=O) groups is 1. The molecule has 0 aliphatic carbocycles. The molecule has 2 aliphatic heterocycles. The van der Waals surface area contributed by atoms with Crippen LogP contribution in [0.1, 0.15) is 21.7 Å². The molecule has 6 nitrogen and oxygen atoms in total. The first-order valence-electron chi connectivity index (χ1n) is 10.3. The summed E-state index contributed by atoms with van der Waals surface area (Å²) in [5.74, 6) is 0.232. The number of hydrogen-bond donors (Lipinski definition) is 1. The number of anilines is 1. The number of hydrogen-bond acceptors (Lipinski definition) is 6. The maximum Gasteiger partial charge on any atom is 0.229 e. The topological polar surface area (TPSA) is 71.0 Å². The third kappa shape index (κ3) is 3.61. The van der Waals surface area contributed by atoms with E-state index >= 15 is 0 Å². The molecule has 2 atom stereocenters. The molecule has 0 saturated carbocycles. The molecular weight excluding hydrogens is 393 g/mol. The van der Waals surface area contributed by atoms with Crippen molar-refractivity contribution < 1.29 is 9.18 Å². The van der Waals surface area contributed by atoms with E-state index in [2.05, 4.69) is 20.3 Å². The summed E-state index contributed by atoms with van der Waals surface area (Å²) in [5.41, 5.74) is 4.41. The number of nitrogens with zero attached hydrogens (tertiary/aromatic N) is 4. The Morgan fingerprint density at radius 3 is 2.68 bits per heavy atom. The van der Waals surface area contributed by atoms with Crippen molar-refractivity contribution in [2.45, 2.75) is 19.9 Å². The highest BCUT2D eigenvalue weighted by Crippen LogP contribution is 2.34. The number of benzene rings is 1. The predicted octanol–water partition coefficient (Wildman–Crippen LogP) is 3.47. The van der Waals surface area contributed by atoms with E-state index in [4.69, 9.17) is 0 Å². The third-order valence-electron chi connectivity index (χ3n) is 5.77. The standard InChI is InChI=1S/C24H22FN5O/c1-14-9-15(2)29-24(28-14)30-12-16-11-27-22(20(16)13-30)23(31)19-10-17(25)6-7-18(19)21-5-3-4-8-26-21/h3-10,13,16,22,27H,11-12H2,1-2H3. The second-order valence-electron chi connectivity index (χ2n) is 8.04. The van der Waals surface area contributed by atoms with Crippen LogP contribution in [0.2, 0.25) is 0 Å². The lowest BCUT2D eigenvalue weighted by Crippen LogP contribution is -2.33. The summed E-state index contributed by atoms with van der Waals surface area (Å²) in [6.07, 6.45) is 3.64. The van der Waals surface area contributed by atoms with Crippen molar-refractivity contribution >= 4 is 11.7 Å². The van der Waals surface area contributed by atoms with Crippen molar-refractivity contribution in [1.29, 1.82) is 0 Å². The van der Waals surface area contributed by atoms with Crippen LogP contribution in [-0.2, 0) is 0 Å². The van der Waals surface area contributed by atoms with Gasteiger partial charge >= 0.3 is 0 Å². The van der Waals surface area contributed by atoms with Gasteiger partial charge in [0.25, 0.3) is 0 Å². The number of fused-ring (bicyclic) bond motifs is 1. The number of carbonyl (C=O) groups excluding carboxylic acids is 1. The number of ketones is 1. The Labute approximate surface area is 179 Å². The summed E-state index contributed by atoms with van der Waals surface area (Å²) < 4.78 is 14.1. The zero-order valence-electron chi connectivity index (χ0n) is 17.3. The maximum absolute atomic E-state index is 14.1. The minimum absolute atomic E-state index is 0.155. The predicted molar refractivity (Wildman–Crippen MR) is 116 cm³/mol. The van der Waals surface area contributed by atoms with E-state index in [0.717, 1.165) is 17.0 Å². The number of pyridine rings is 1. The number of nitrogens with one attached hydrogen (secondary N) is 1. The van der Waals surface area contributed by atoms with Gasteiger partial charge in [-0.1, -0.05) is 6.07 Å². The Balaban J connectivity index is 1.49. The first kappa shape index (κ1) is 19.5. The van der Waals surface area contributed by atoms with Crippen LogP contribution in [0, 0.1) is 25.6 Å². The Hall–Kier alpha value is -3.45. The van der Waals surface area contributed by atoms with Crippen LogP contribution in [0.15, 0.2) is 60.4 Å². The molecule has 2 aromatic heterocycles. The molecule has 0 bridgehead atoms. The molecule has 1 aromatic carbocycles. The average molecular weight is 415 g/mol. The molecule has 156 valence electrons. The van der Waals surface area contributed by atoms with E-state index in [1.807, 2.05) is 49.2 Å². The lowest BCUT2D eigenvalue weighted by atomic mass is 9.91. The summed E-state index contributed by atoms with van der Waals surface area (Å²) >= 11 is 0. The number of halogens is 1. The van der Waals surface area contributed by atoms with Gasteiger partial charge < -0.3 is 10.2 Å². The monoisotopic (exact) mass is 415 g/mol. The first-order valence-corrected chi connectivity index (χ1v) is 10.3. The van der Waals surface area contributed by atoms with E-state index in [9.17, 15) is 9.18 Å². The van der Waals surface area contributed by atoms with Gasteiger partial charge in [-0.3, -0.25) is 9.78 Å². The van der Waals surface area contributed by atoms with Crippen molar-refractivity contribution in [2.24, 2.45) is 5.92 Å². The van der Waals surface area contributed by atoms with E-state index < -0.39 is 11.9 Å². The summed E-state index contributed by atoms with van der Waals surface area (Å²) in [6.45, 7) is 5.28. The van der Waals surface area contributed by atoms with E-state index in [0.29, 0.717) is 35.9 Å². The highest BCUT2D eigenvalue weighted by Gasteiger charge is 2.40. The lowest BCUT2D eigenvalue weighted by Gasteiger charge is -2.17. The molecule has 1 fully saturated rings. The van der Waals surface area contributed by atoms with Crippen molar-refractivity contribution in [2.75, 3.05) is 18.0 Å². The molecule has 0 spiro atoms. The van der Waals surface area contributed by atoms with E-state index in [1.165, 1.54) is 12.1 Å². The molecular formula is C24H22FN5O. The summed E-state index contributed by atoms with van der Waals surface area (Å²) in [5, 5.41) is 3.32. The quantitative estimate of drug-likeness (QED) is 0.658. The highest BCUT2D eigenvalue weighted by atomic mass is 19.1. The van der Waals surface area contributed by atoms with Gasteiger partial charge in [0.2, 0.25) is 5.95 Å². The number of aryl methyl sites for hydroxylation is 2. The first-order chi connectivity index (χ1) is 15.0. The van der Waals surface area contributed by atoms with Crippen LogP contribution in [0.5, 0.6) is 0 Å². The molecule has 0 radical (unpaired) electrons. The number of rotatable bonds is 4. The number of aromatic nitrogens is 3. The molecule has 1 saturated heterocycles. The molecule has 31 heavy (non-hydrogen) atoms. The molecule has 2 aliphatic rings. The molecule has 2 unspecified atom stereocenters. The van der Waals surface area contributed by atoms with Crippen LogP contribution in [0.25, 0.3) is 11.3 Å². The van der Waals surface area contributed by atoms with Gasteiger partial charge in [0, 0.05) is 53.9 Å². The van der Waals surface area contributed by atoms with Crippen LogP contribution < -0.4 is 10.2 Å². The van der Waals surface area contributed by atoms with Gasteiger partial charge in [-0.05, 0) is 55.8 Å². The van der Waals surface area contributed by atoms with Crippen LogP contribution in [0.3, 0.4) is 0 Å². The Morgan fingerprint density at radius 2 is 1.94 bits per heavy atom. The Morgan fingerprint density at radius 1 is 1.13 bits per heavy atom. The Bertz CT molecular complexity index is 1170. The molecule has 5 rings (SSSR count). The van der Waals surface area contributed by atoms with E-state index in [1.54, 1.807) is 12.3 Å². The largest absolute Gasteiger partial charge is 0.316 e. The fourth-order valence-electron chi connectivity index (χ4n) is 4.39. The molecule has 7 heteroatoms. The fraction of sp³-hybridized carbons (Fsp3) is 0.250. The zero-order chi connectivity index (χ0) is 21.5. The van der Waals surface area contributed by atoms with Crippen molar-refractivity contribution in [3.63, 3.8) is 0 Å². The minimum Gasteiger partial charge on any atom is -0.316 e. The third-order valence-corrected chi connectivity index (χ3v) is 5.77. The smallest absolute Gasteiger partial charge is 0.229 e. The van der Waals surface area contributed by atoms with Gasteiger partial charge in [-0.15, -0.1) is 0 Å². The van der Waals surface area contributed by atoms with Crippen LogP contribution in [-0.4, -0.2) is 39.9 Å². The van der Waals surface area contributed by atoms with Gasteiger partial charge in [-0.25, -0.2) is 14.4 Å². The maximum atomic E-state index is 14.1. The van der Waals surface area contributed by atoms with Crippen LogP contribution >= 0.6 is 0 Å². The van der Waals surface area contributed by atoms with Crippen molar-refractivity contribution in [1.82, 2.24) is 20.3 Å². The normalized spacial score (nSPS) is 20.0. The average Bonchev–Trinajstić information content (AvgIpc) is 3.34. The summed E-state index contributed by atoms with van der Waals surface area (Å²) in [4.78, 5) is 29.0. The second-order valence-corrected chi connectivity index (χ2v) is 8.04. The fourth-order valence-corrected chi connectivity index (χ4v) is 4.39. The summed E-state index contributed by atoms with van der Waals surface area (Å²) in [6, 6.07) is 11.2. The van der Waals surface area contributed by atoms with Gasteiger partial charge in [0.05, 0.1) is 11.7 Å². The SMILES string of the molecule is Cc1cc(C)nc(N2C=C3C(CNC3C(=O)c3cc(F)ccc3-c3ccccn3)C2)n1.